The Labute approximate surface area is 162 Å². The van der Waals surface area contributed by atoms with E-state index in [1.807, 2.05) is 6.07 Å². The minimum Gasteiger partial charge on any atom is -0.334 e. The van der Waals surface area contributed by atoms with Crippen molar-refractivity contribution >= 4 is 50.4 Å². The zero-order chi connectivity index (χ0) is 19.4. The number of anilines is 4. The number of rotatable bonds is 6. The summed E-state index contributed by atoms with van der Waals surface area (Å²) >= 11 is 3.35. The van der Waals surface area contributed by atoms with Crippen LogP contribution in [0.1, 0.15) is 17.3 Å². The van der Waals surface area contributed by atoms with Gasteiger partial charge in [0.25, 0.3) is 0 Å². The van der Waals surface area contributed by atoms with Crippen molar-refractivity contribution in [1.82, 2.24) is 9.97 Å². The van der Waals surface area contributed by atoms with Gasteiger partial charge in [0.2, 0.25) is 11.6 Å². The highest BCUT2D eigenvalue weighted by Gasteiger charge is 2.23. The van der Waals surface area contributed by atoms with E-state index in [4.69, 9.17) is 0 Å². The minimum atomic E-state index is -0.549. The molecule has 2 N–H and O–H groups in total. The zero-order valence-corrected chi connectivity index (χ0v) is 15.7. The summed E-state index contributed by atoms with van der Waals surface area (Å²) in [4.78, 5) is 30.4. The molecule has 0 bridgehead atoms. The largest absolute Gasteiger partial charge is 0.353 e. The second kappa shape index (κ2) is 7.92. The normalized spacial score (nSPS) is 10.3. The molecule has 3 aromatic rings. The van der Waals surface area contributed by atoms with Crippen LogP contribution in [0.4, 0.5) is 28.7 Å². The SMILES string of the molecule is CC(=O)c1ccc(Nc2ncnc(Nc3cccc(Br)c3)c2[N+](=O)[O-])cc1. The molecule has 0 saturated heterocycles. The maximum Gasteiger partial charge on any atom is 0.353 e. The number of nitrogens with one attached hydrogen (secondary N) is 2. The molecule has 0 fully saturated rings. The first-order valence-corrected chi connectivity index (χ1v) is 8.63. The first kappa shape index (κ1) is 18.5. The number of aromatic nitrogens is 2. The fourth-order valence-electron chi connectivity index (χ4n) is 2.36. The second-order valence-corrected chi connectivity index (χ2v) is 6.49. The monoisotopic (exact) mass is 427 g/mol. The Morgan fingerprint density at radius 2 is 1.67 bits per heavy atom. The molecule has 0 unspecified atom stereocenters. The molecule has 1 heterocycles. The molecule has 0 aliphatic carbocycles. The highest BCUT2D eigenvalue weighted by molar-refractivity contribution is 9.10. The average molecular weight is 428 g/mol. The summed E-state index contributed by atoms with van der Waals surface area (Å²) in [5.41, 5.74) is 1.47. The minimum absolute atomic E-state index is 0.0445. The van der Waals surface area contributed by atoms with Crippen molar-refractivity contribution in [2.24, 2.45) is 0 Å². The first-order chi connectivity index (χ1) is 12.9. The van der Waals surface area contributed by atoms with Crippen LogP contribution in [-0.4, -0.2) is 20.7 Å². The van der Waals surface area contributed by atoms with Gasteiger partial charge in [-0.3, -0.25) is 14.9 Å². The van der Waals surface area contributed by atoms with Crippen LogP contribution in [0.5, 0.6) is 0 Å². The fourth-order valence-corrected chi connectivity index (χ4v) is 2.76. The quantitative estimate of drug-likeness (QED) is 0.329. The molecule has 27 heavy (non-hydrogen) atoms. The smallest absolute Gasteiger partial charge is 0.334 e. The summed E-state index contributed by atoms with van der Waals surface area (Å²) in [7, 11) is 0. The van der Waals surface area contributed by atoms with Crippen molar-refractivity contribution in [2.75, 3.05) is 10.6 Å². The molecule has 9 heteroatoms. The number of benzene rings is 2. The van der Waals surface area contributed by atoms with E-state index in [1.54, 1.807) is 42.5 Å². The van der Waals surface area contributed by atoms with E-state index in [0.717, 1.165) is 4.47 Å². The Morgan fingerprint density at radius 1 is 1.04 bits per heavy atom. The Kier molecular flexibility index (Phi) is 5.41. The van der Waals surface area contributed by atoms with Gasteiger partial charge >= 0.3 is 5.69 Å². The van der Waals surface area contributed by atoms with Crippen LogP contribution < -0.4 is 10.6 Å². The molecule has 3 rings (SSSR count). The van der Waals surface area contributed by atoms with Gasteiger partial charge in [-0.15, -0.1) is 0 Å². The Balaban J connectivity index is 1.93. The van der Waals surface area contributed by atoms with E-state index in [-0.39, 0.29) is 23.1 Å². The topological polar surface area (TPSA) is 110 Å². The molecule has 0 atom stereocenters. The number of hydrogen-bond donors (Lipinski definition) is 2. The number of hydrogen-bond acceptors (Lipinski definition) is 7. The predicted octanol–water partition coefficient (Wildman–Crippen LogP) is 4.84. The summed E-state index contributed by atoms with van der Waals surface area (Å²) in [5, 5.41) is 17.5. The van der Waals surface area contributed by atoms with Gasteiger partial charge in [0.1, 0.15) is 6.33 Å². The molecule has 1 aromatic heterocycles. The van der Waals surface area contributed by atoms with Gasteiger partial charge in [-0.1, -0.05) is 22.0 Å². The van der Waals surface area contributed by atoms with E-state index in [2.05, 4.69) is 36.5 Å². The Hall–Kier alpha value is -3.33. The highest BCUT2D eigenvalue weighted by atomic mass is 79.9. The van der Waals surface area contributed by atoms with Gasteiger partial charge in [0.15, 0.2) is 5.78 Å². The van der Waals surface area contributed by atoms with Crippen LogP contribution in [0, 0.1) is 10.1 Å². The number of carbonyl (C=O) groups excluding carboxylic acids is 1. The lowest BCUT2D eigenvalue weighted by Crippen LogP contribution is -2.05. The Bertz CT molecular complexity index is 1010. The number of nitrogens with zero attached hydrogens (tertiary/aromatic N) is 3. The number of carbonyl (C=O) groups is 1. The first-order valence-electron chi connectivity index (χ1n) is 7.84. The third-order valence-corrected chi connectivity index (χ3v) is 4.14. The van der Waals surface area contributed by atoms with E-state index in [0.29, 0.717) is 16.9 Å². The fraction of sp³-hybridized carbons (Fsp3) is 0.0556. The lowest BCUT2D eigenvalue weighted by atomic mass is 10.1. The van der Waals surface area contributed by atoms with E-state index >= 15 is 0 Å². The lowest BCUT2D eigenvalue weighted by molar-refractivity contribution is -0.383. The highest BCUT2D eigenvalue weighted by Crippen LogP contribution is 2.33. The van der Waals surface area contributed by atoms with Gasteiger partial charge in [0.05, 0.1) is 4.92 Å². The molecule has 0 radical (unpaired) electrons. The maximum atomic E-state index is 11.6. The Morgan fingerprint density at radius 3 is 2.22 bits per heavy atom. The molecule has 0 amide bonds. The van der Waals surface area contributed by atoms with Gasteiger partial charge in [0, 0.05) is 21.4 Å². The van der Waals surface area contributed by atoms with Crippen molar-refractivity contribution in [2.45, 2.75) is 6.92 Å². The maximum absolute atomic E-state index is 11.6. The number of halogens is 1. The van der Waals surface area contributed by atoms with E-state index in [1.165, 1.54) is 13.3 Å². The molecule has 0 saturated carbocycles. The number of ketones is 1. The summed E-state index contributed by atoms with van der Waals surface area (Å²) in [6.07, 6.45) is 1.24. The van der Waals surface area contributed by atoms with Crippen molar-refractivity contribution in [1.29, 1.82) is 0 Å². The van der Waals surface area contributed by atoms with Crippen LogP contribution in [-0.2, 0) is 0 Å². The molecule has 0 spiro atoms. The van der Waals surface area contributed by atoms with Crippen molar-refractivity contribution in [3.05, 3.63) is 75.0 Å². The van der Waals surface area contributed by atoms with Gasteiger partial charge in [-0.2, -0.15) is 0 Å². The van der Waals surface area contributed by atoms with Gasteiger partial charge < -0.3 is 10.6 Å². The average Bonchev–Trinajstić information content (AvgIpc) is 2.62. The number of nitro groups is 1. The standard InChI is InChI=1S/C18H14BrN5O3/c1-11(25)12-5-7-14(8-6-12)22-17-16(24(26)27)18(21-10-20-17)23-15-4-2-3-13(19)9-15/h2-10H,1H3,(H2,20,21,22,23). The van der Waals surface area contributed by atoms with Crippen molar-refractivity contribution in [3.8, 4) is 0 Å². The summed E-state index contributed by atoms with van der Waals surface area (Å²) in [5.74, 6) is 0.0501. The van der Waals surface area contributed by atoms with Crippen LogP contribution in [0.15, 0.2) is 59.3 Å². The molecule has 2 aromatic carbocycles. The summed E-state index contributed by atoms with van der Waals surface area (Å²) in [6, 6.07) is 13.8. The van der Waals surface area contributed by atoms with E-state index < -0.39 is 4.92 Å². The van der Waals surface area contributed by atoms with Crippen molar-refractivity contribution in [3.63, 3.8) is 0 Å². The van der Waals surface area contributed by atoms with E-state index in [9.17, 15) is 14.9 Å². The molecule has 136 valence electrons. The van der Waals surface area contributed by atoms with Crippen molar-refractivity contribution < 1.29 is 9.72 Å². The lowest BCUT2D eigenvalue weighted by Gasteiger charge is -2.10. The predicted molar refractivity (Wildman–Crippen MR) is 106 cm³/mol. The number of Topliss-reactive ketones (excluding diaryl/α,β-unsaturated/α-hetero) is 1. The van der Waals surface area contributed by atoms with Crippen LogP contribution >= 0.6 is 15.9 Å². The van der Waals surface area contributed by atoms with Crippen LogP contribution in [0.2, 0.25) is 0 Å². The third-order valence-electron chi connectivity index (χ3n) is 3.65. The molecule has 8 nitrogen and oxygen atoms in total. The molecule has 0 aliphatic rings. The summed E-state index contributed by atoms with van der Waals surface area (Å²) < 4.78 is 0.827. The zero-order valence-electron chi connectivity index (χ0n) is 14.1. The van der Waals surface area contributed by atoms with Crippen LogP contribution in [0.25, 0.3) is 0 Å². The van der Waals surface area contributed by atoms with Gasteiger partial charge in [-0.05, 0) is 49.4 Å². The second-order valence-electron chi connectivity index (χ2n) is 5.57. The molecular weight excluding hydrogens is 414 g/mol. The van der Waals surface area contributed by atoms with Gasteiger partial charge in [-0.25, -0.2) is 9.97 Å². The molecule has 0 aliphatic heterocycles. The summed E-state index contributed by atoms with van der Waals surface area (Å²) in [6.45, 7) is 1.47. The van der Waals surface area contributed by atoms with Crippen LogP contribution in [0.3, 0.4) is 0 Å². The third kappa shape index (κ3) is 4.45. The molecular formula is C18H14BrN5O3.